The molecule has 0 heterocycles. The van der Waals surface area contributed by atoms with Gasteiger partial charge in [-0.15, -0.1) is 0 Å². The van der Waals surface area contributed by atoms with Gasteiger partial charge in [-0.1, -0.05) is 24.3 Å². The van der Waals surface area contributed by atoms with Crippen molar-refractivity contribution < 1.29 is 29.0 Å². The third kappa shape index (κ3) is 8.99. The average molecular weight is 443 g/mol. The molecule has 8 heteroatoms. The number of carboxylic acid groups (broad SMARTS) is 1. The Morgan fingerprint density at radius 3 is 1.41 bits per heavy atom. The van der Waals surface area contributed by atoms with Gasteiger partial charge in [-0.05, 0) is 42.3 Å². The molecule has 172 valence electrons. The number of carbonyl (C=O) groups is 4. The number of hydrogen-bond donors (Lipinski definition) is 1. The van der Waals surface area contributed by atoms with E-state index in [0.717, 1.165) is 11.1 Å². The van der Waals surface area contributed by atoms with E-state index in [1.165, 1.54) is 17.0 Å². The van der Waals surface area contributed by atoms with Crippen LogP contribution in [0, 0.1) is 0 Å². The van der Waals surface area contributed by atoms with E-state index in [-0.39, 0.29) is 23.3 Å². The zero-order valence-corrected chi connectivity index (χ0v) is 19.1. The van der Waals surface area contributed by atoms with Gasteiger partial charge in [-0.2, -0.15) is 0 Å². The first-order valence-electron chi connectivity index (χ1n) is 10.0. The highest BCUT2D eigenvalue weighted by Gasteiger charge is 2.09. The Labute approximate surface area is 188 Å². The van der Waals surface area contributed by atoms with E-state index in [0.29, 0.717) is 25.0 Å². The van der Waals surface area contributed by atoms with Crippen LogP contribution in [0.5, 0.6) is 0 Å². The molecule has 0 bridgehead atoms. The molecule has 8 nitrogen and oxygen atoms in total. The van der Waals surface area contributed by atoms with Crippen LogP contribution in [0.15, 0.2) is 48.5 Å². The summed E-state index contributed by atoms with van der Waals surface area (Å²) in [6, 6.07) is 13.2. The van der Waals surface area contributed by atoms with Crippen molar-refractivity contribution in [2.24, 2.45) is 0 Å². The van der Waals surface area contributed by atoms with Gasteiger partial charge >= 0.3 is 11.9 Å². The summed E-state index contributed by atoms with van der Waals surface area (Å²) < 4.78 is 4.87. The highest BCUT2D eigenvalue weighted by atomic mass is 16.5. The van der Waals surface area contributed by atoms with E-state index in [4.69, 9.17) is 9.84 Å². The third-order valence-corrected chi connectivity index (χ3v) is 4.37. The predicted octanol–water partition coefficient (Wildman–Crippen LogP) is 2.51. The van der Waals surface area contributed by atoms with Crippen LogP contribution in [0.2, 0.25) is 0 Å². The number of hydrogen-bond acceptors (Lipinski definition) is 5. The Morgan fingerprint density at radius 2 is 1.09 bits per heavy atom. The van der Waals surface area contributed by atoms with E-state index < -0.39 is 5.97 Å². The molecule has 0 aliphatic rings. The Balaban J connectivity index is 0.000000323. The first-order chi connectivity index (χ1) is 15.0. The number of esters is 1. The molecule has 1 N–H and O–H groups in total. The molecule has 0 fully saturated rings. The van der Waals surface area contributed by atoms with Crippen LogP contribution in [0.25, 0.3) is 0 Å². The maximum absolute atomic E-state index is 11.5. The minimum Gasteiger partial charge on any atom is -0.478 e. The van der Waals surface area contributed by atoms with E-state index >= 15 is 0 Å². The molecular weight excluding hydrogens is 412 g/mol. The number of likely N-dealkylation sites (N-methyl/N-ethyl adjacent to an activating group) is 2. The quantitative estimate of drug-likeness (QED) is 0.661. The smallest absolute Gasteiger partial charge is 0.338 e. The summed E-state index contributed by atoms with van der Waals surface area (Å²) in [6.07, 6.45) is 0.642. The van der Waals surface area contributed by atoms with Crippen LogP contribution in [0.4, 0.5) is 0 Å². The highest BCUT2D eigenvalue weighted by molar-refractivity contribution is 5.89. The second kappa shape index (κ2) is 12.9. The molecule has 32 heavy (non-hydrogen) atoms. The highest BCUT2D eigenvalue weighted by Crippen LogP contribution is 2.08. The Hall–Kier alpha value is -3.68. The number of benzene rings is 2. The zero-order valence-electron chi connectivity index (χ0n) is 19.1. The Bertz CT molecular complexity index is 919. The van der Waals surface area contributed by atoms with Crippen molar-refractivity contribution in [3.63, 3.8) is 0 Å². The number of carbonyl (C=O) groups excluding carboxylic acids is 3. The summed E-state index contributed by atoms with van der Waals surface area (Å²) >= 11 is 0. The van der Waals surface area contributed by atoms with Crippen LogP contribution in [-0.4, -0.2) is 73.5 Å². The number of amides is 2. The van der Waals surface area contributed by atoms with E-state index in [2.05, 4.69) is 0 Å². The van der Waals surface area contributed by atoms with E-state index in [9.17, 15) is 19.2 Å². The van der Waals surface area contributed by atoms with Crippen LogP contribution in [0.1, 0.15) is 38.8 Å². The van der Waals surface area contributed by atoms with Crippen molar-refractivity contribution in [2.75, 3.05) is 34.8 Å². The summed E-state index contributed by atoms with van der Waals surface area (Å²) in [5.41, 5.74) is 2.44. The lowest BCUT2D eigenvalue weighted by Crippen LogP contribution is -2.23. The molecule has 0 aliphatic heterocycles. The van der Waals surface area contributed by atoms with Gasteiger partial charge < -0.3 is 19.6 Å². The molecule has 2 amide bonds. The van der Waals surface area contributed by atoms with Gasteiger partial charge in [0.15, 0.2) is 0 Å². The Kier molecular flexibility index (Phi) is 10.6. The number of ether oxygens (including phenoxy) is 1. The number of rotatable bonds is 7. The molecule has 0 radical (unpaired) electrons. The predicted molar refractivity (Wildman–Crippen MR) is 121 cm³/mol. The summed E-state index contributed by atoms with van der Waals surface area (Å²) in [6.45, 7) is 2.13. The van der Waals surface area contributed by atoms with Gasteiger partial charge in [0.2, 0.25) is 11.8 Å². The van der Waals surface area contributed by atoms with E-state index in [1.54, 1.807) is 76.4 Å². The van der Waals surface area contributed by atoms with Gasteiger partial charge in [0, 0.05) is 28.2 Å². The minimum atomic E-state index is -0.958. The topological polar surface area (TPSA) is 104 Å². The standard InChI is InChI=1S/C13H17NO3.C11H13NO3/c1-4-17-13(16)11-7-5-10(6-8-11)9-12(15)14(2)3;1-12(2)10(13)7-8-3-5-9(6-4-8)11(14)15/h5-8H,4,9H2,1-3H3;3-6H,7H2,1-2H3,(H,14,15). The molecule has 0 saturated heterocycles. The molecule has 0 unspecified atom stereocenters. The Morgan fingerprint density at radius 1 is 0.719 bits per heavy atom. The molecule has 0 saturated carbocycles. The van der Waals surface area contributed by atoms with Gasteiger partial charge in [-0.25, -0.2) is 9.59 Å². The van der Waals surface area contributed by atoms with Crippen LogP contribution in [-0.2, 0) is 27.2 Å². The van der Waals surface area contributed by atoms with Gasteiger partial charge in [0.1, 0.15) is 0 Å². The first kappa shape index (κ1) is 26.4. The van der Waals surface area contributed by atoms with Crippen LogP contribution in [0.3, 0.4) is 0 Å². The van der Waals surface area contributed by atoms with Crippen molar-refractivity contribution in [3.8, 4) is 0 Å². The molecule has 0 spiro atoms. The lowest BCUT2D eigenvalue weighted by atomic mass is 10.1. The second-order valence-corrected chi connectivity index (χ2v) is 7.35. The molecule has 2 rings (SSSR count). The fraction of sp³-hybridized carbons (Fsp3) is 0.333. The van der Waals surface area contributed by atoms with Crippen molar-refractivity contribution >= 4 is 23.8 Å². The summed E-state index contributed by atoms with van der Waals surface area (Å²) in [5, 5.41) is 8.67. The molecule has 2 aromatic carbocycles. The number of nitrogens with zero attached hydrogens (tertiary/aromatic N) is 2. The van der Waals surface area contributed by atoms with E-state index in [1.807, 2.05) is 0 Å². The molecule has 0 aromatic heterocycles. The normalized spacial score (nSPS) is 9.78. The summed E-state index contributed by atoms with van der Waals surface area (Å²) in [4.78, 5) is 47.8. The number of carboxylic acids is 1. The SMILES string of the molecule is CCOC(=O)c1ccc(CC(=O)N(C)C)cc1.CN(C)C(=O)Cc1ccc(C(=O)O)cc1. The minimum absolute atomic E-state index is 0.00178. The van der Waals surface area contributed by atoms with Gasteiger partial charge in [0.05, 0.1) is 30.6 Å². The average Bonchev–Trinajstić information content (AvgIpc) is 2.75. The van der Waals surface area contributed by atoms with Crippen molar-refractivity contribution in [3.05, 3.63) is 70.8 Å². The molecular formula is C24H30N2O6. The monoisotopic (exact) mass is 442 g/mol. The third-order valence-electron chi connectivity index (χ3n) is 4.37. The lowest BCUT2D eigenvalue weighted by Gasteiger charge is -2.10. The molecule has 0 aliphatic carbocycles. The molecule has 2 aromatic rings. The first-order valence-corrected chi connectivity index (χ1v) is 10.0. The summed E-state index contributed by atoms with van der Waals surface area (Å²) in [5.74, 6) is -1.26. The maximum atomic E-state index is 11.5. The van der Waals surface area contributed by atoms with Crippen molar-refractivity contribution in [1.82, 2.24) is 9.80 Å². The lowest BCUT2D eigenvalue weighted by molar-refractivity contribution is -0.128. The molecule has 0 atom stereocenters. The second-order valence-electron chi connectivity index (χ2n) is 7.35. The van der Waals surface area contributed by atoms with Crippen LogP contribution < -0.4 is 0 Å². The largest absolute Gasteiger partial charge is 0.478 e. The zero-order chi connectivity index (χ0) is 24.3. The summed E-state index contributed by atoms with van der Waals surface area (Å²) in [7, 11) is 6.81. The van der Waals surface area contributed by atoms with Gasteiger partial charge in [-0.3, -0.25) is 9.59 Å². The fourth-order valence-corrected chi connectivity index (χ4v) is 2.40. The van der Waals surface area contributed by atoms with Crippen molar-refractivity contribution in [1.29, 1.82) is 0 Å². The van der Waals surface area contributed by atoms with Crippen LogP contribution >= 0.6 is 0 Å². The maximum Gasteiger partial charge on any atom is 0.338 e. The fourth-order valence-electron chi connectivity index (χ4n) is 2.40. The van der Waals surface area contributed by atoms with Crippen molar-refractivity contribution in [2.45, 2.75) is 19.8 Å². The number of aromatic carboxylic acids is 1. The van der Waals surface area contributed by atoms with Gasteiger partial charge in [0.25, 0.3) is 0 Å².